The Morgan fingerprint density at radius 2 is 1.82 bits per heavy atom. The summed E-state index contributed by atoms with van der Waals surface area (Å²) in [5.41, 5.74) is 7.49. The molecule has 2 amide bonds. The maximum atomic E-state index is 12.9. The average molecular weight is 380 g/mol. The second-order valence-corrected chi connectivity index (χ2v) is 7.03. The highest BCUT2D eigenvalue weighted by molar-refractivity contribution is 5.91. The molecule has 7 heteroatoms. The third-order valence-corrected chi connectivity index (χ3v) is 4.81. The third kappa shape index (κ3) is 4.32. The molecule has 146 valence electrons. The summed E-state index contributed by atoms with van der Waals surface area (Å²) in [5.74, 6) is -0.424. The molecular weight excluding hydrogens is 356 g/mol. The molecule has 3 aromatic rings. The summed E-state index contributed by atoms with van der Waals surface area (Å²) >= 11 is 0. The lowest BCUT2D eigenvalue weighted by molar-refractivity contribution is -0.126. The first-order valence-electron chi connectivity index (χ1n) is 9.04. The minimum Gasteiger partial charge on any atom is -0.465 e. The Bertz CT molecular complexity index is 970. The summed E-state index contributed by atoms with van der Waals surface area (Å²) in [7, 11) is 0. The first kappa shape index (κ1) is 19.4. The summed E-state index contributed by atoms with van der Waals surface area (Å²) < 4.78 is 0. The molecule has 0 fully saturated rings. The Morgan fingerprint density at radius 3 is 2.54 bits per heavy atom. The van der Waals surface area contributed by atoms with Gasteiger partial charge in [0.05, 0.1) is 0 Å². The van der Waals surface area contributed by atoms with Crippen LogP contribution in [-0.4, -0.2) is 34.2 Å². The van der Waals surface area contributed by atoms with Crippen molar-refractivity contribution in [3.8, 4) is 0 Å². The first-order chi connectivity index (χ1) is 13.4. The molecule has 7 nitrogen and oxygen atoms in total. The summed E-state index contributed by atoms with van der Waals surface area (Å²) in [4.78, 5) is 27.4. The lowest BCUT2D eigenvalue weighted by atomic mass is 9.91. The molecule has 0 saturated carbocycles. The molecule has 1 heterocycles. The molecule has 0 radical (unpaired) electrons. The van der Waals surface area contributed by atoms with E-state index >= 15 is 0 Å². The van der Waals surface area contributed by atoms with Crippen LogP contribution in [0.5, 0.6) is 0 Å². The van der Waals surface area contributed by atoms with Crippen LogP contribution in [0.2, 0.25) is 0 Å². The molecule has 0 bridgehead atoms. The van der Waals surface area contributed by atoms with Gasteiger partial charge in [-0.1, -0.05) is 48.5 Å². The molecular formula is C21H24N4O3. The SMILES string of the molecule is CC(Cc1c[nH]c2ccccc12)(NC(=O)O)C(=O)NCC(N)c1ccccc1. The molecule has 0 aliphatic heterocycles. The maximum Gasteiger partial charge on any atom is 0.405 e. The molecule has 1 aromatic heterocycles. The van der Waals surface area contributed by atoms with Gasteiger partial charge in [-0.15, -0.1) is 0 Å². The zero-order chi connectivity index (χ0) is 20.1. The van der Waals surface area contributed by atoms with Crippen molar-refractivity contribution in [1.29, 1.82) is 0 Å². The van der Waals surface area contributed by atoms with E-state index in [1.54, 1.807) is 13.1 Å². The summed E-state index contributed by atoms with van der Waals surface area (Å²) in [6, 6.07) is 16.7. The van der Waals surface area contributed by atoms with Crippen LogP contribution >= 0.6 is 0 Å². The summed E-state index contributed by atoms with van der Waals surface area (Å²) in [6.07, 6.45) is 0.746. The monoisotopic (exact) mass is 380 g/mol. The number of nitrogens with two attached hydrogens (primary N) is 1. The number of amides is 2. The minimum atomic E-state index is -1.34. The van der Waals surface area contributed by atoms with Gasteiger partial charge in [0.25, 0.3) is 0 Å². The van der Waals surface area contributed by atoms with Gasteiger partial charge in [-0.3, -0.25) is 4.79 Å². The van der Waals surface area contributed by atoms with Crippen LogP contribution in [-0.2, 0) is 11.2 Å². The van der Waals surface area contributed by atoms with E-state index in [2.05, 4.69) is 15.6 Å². The van der Waals surface area contributed by atoms with Gasteiger partial charge in [-0.05, 0) is 24.1 Å². The molecule has 2 atom stereocenters. The number of H-pyrrole nitrogens is 1. The van der Waals surface area contributed by atoms with Crippen molar-refractivity contribution in [3.63, 3.8) is 0 Å². The van der Waals surface area contributed by atoms with Crippen molar-refractivity contribution < 1.29 is 14.7 Å². The van der Waals surface area contributed by atoms with Crippen LogP contribution in [0, 0.1) is 0 Å². The number of aromatic amines is 1. The highest BCUT2D eigenvalue weighted by Gasteiger charge is 2.36. The van der Waals surface area contributed by atoms with Crippen molar-refractivity contribution in [1.82, 2.24) is 15.6 Å². The van der Waals surface area contributed by atoms with E-state index in [4.69, 9.17) is 5.73 Å². The molecule has 0 saturated heterocycles. The number of hydrogen-bond acceptors (Lipinski definition) is 3. The number of para-hydroxylation sites is 1. The highest BCUT2D eigenvalue weighted by atomic mass is 16.4. The number of benzene rings is 2. The number of aromatic nitrogens is 1. The van der Waals surface area contributed by atoms with Crippen molar-refractivity contribution in [3.05, 3.63) is 71.9 Å². The summed E-state index contributed by atoms with van der Waals surface area (Å²) in [5, 5.41) is 15.4. The fourth-order valence-corrected chi connectivity index (χ4v) is 3.29. The lowest BCUT2D eigenvalue weighted by Crippen LogP contribution is -2.58. The molecule has 0 aliphatic carbocycles. The van der Waals surface area contributed by atoms with Crippen molar-refractivity contribution in [2.75, 3.05) is 6.54 Å². The van der Waals surface area contributed by atoms with E-state index in [1.165, 1.54) is 0 Å². The van der Waals surface area contributed by atoms with Crippen LogP contribution < -0.4 is 16.4 Å². The minimum absolute atomic E-state index is 0.202. The van der Waals surface area contributed by atoms with E-state index in [0.29, 0.717) is 0 Å². The predicted molar refractivity (Wildman–Crippen MR) is 108 cm³/mol. The zero-order valence-electron chi connectivity index (χ0n) is 15.6. The molecule has 2 aromatic carbocycles. The molecule has 3 rings (SSSR count). The second-order valence-electron chi connectivity index (χ2n) is 7.03. The molecule has 28 heavy (non-hydrogen) atoms. The van der Waals surface area contributed by atoms with E-state index < -0.39 is 17.5 Å². The van der Waals surface area contributed by atoms with Crippen LogP contribution in [0.4, 0.5) is 4.79 Å². The number of carboxylic acid groups (broad SMARTS) is 1. The van der Waals surface area contributed by atoms with Crippen molar-refractivity contribution in [2.45, 2.75) is 24.9 Å². The lowest BCUT2D eigenvalue weighted by Gasteiger charge is -2.29. The number of hydrogen-bond donors (Lipinski definition) is 5. The van der Waals surface area contributed by atoms with E-state index in [9.17, 15) is 14.7 Å². The molecule has 6 N–H and O–H groups in total. The Labute approximate surface area is 162 Å². The van der Waals surface area contributed by atoms with Gasteiger partial charge in [0.2, 0.25) is 5.91 Å². The van der Waals surface area contributed by atoms with Crippen molar-refractivity contribution >= 4 is 22.9 Å². The molecule has 2 unspecified atom stereocenters. The van der Waals surface area contributed by atoms with Crippen LogP contribution in [0.1, 0.15) is 24.1 Å². The largest absolute Gasteiger partial charge is 0.465 e. The number of rotatable bonds is 7. The van der Waals surface area contributed by atoms with Gasteiger partial charge in [0.1, 0.15) is 5.54 Å². The average Bonchev–Trinajstić information content (AvgIpc) is 3.08. The third-order valence-electron chi connectivity index (χ3n) is 4.81. The fraction of sp³-hybridized carbons (Fsp3) is 0.238. The van der Waals surface area contributed by atoms with Gasteiger partial charge in [-0.2, -0.15) is 0 Å². The second kappa shape index (κ2) is 8.14. The first-order valence-corrected chi connectivity index (χ1v) is 9.04. The smallest absolute Gasteiger partial charge is 0.405 e. The van der Waals surface area contributed by atoms with Gasteiger partial charge >= 0.3 is 6.09 Å². The number of nitrogens with one attached hydrogen (secondary N) is 3. The highest BCUT2D eigenvalue weighted by Crippen LogP contribution is 2.23. The fourth-order valence-electron chi connectivity index (χ4n) is 3.29. The van der Waals surface area contributed by atoms with E-state index in [1.807, 2.05) is 54.6 Å². The van der Waals surface area contributed by atoms with Gasteiger partial charge in [-0.25, -0.2) is 4.79 Å². The Morgan fingerprint density at radius 1 is 1.14 bits per heavy atom. The Hall–Kier alpha value is -3.32. The van der Waals surface area contributed by atoms with Crippen LogP contribution in [0.3, 0.4) is 0 Å². The predicted octanol–water partition coefficient (Wildman–Crippen LogP) is 2.55. The normalized spacial score (nSPS) is 14.2. The Kier molecular flexibility index (Phi) is 5.65. The summed E-state index contributed by atoms with van der Waals surface area (Å²) in [6.45, 7) is 1.78. The van der Waals surface area contributed by atoms with Gasteiger partial charge < -0.3 is 26.5 Å². The molecule has 0 spiro atoms. The van der Waals surface area contributed by atoms with Gasteiger partial charge in [0, 0.05) is 36.1 Å². The topological polar surface area (TPSA) is 120 Å². The number of fused-ring (bicyclic) bond motifs is 1. The van der Waals surface area contributed by atoms with E-state index in [0.717, 1.165) is 22.0 Å². The molecule has 0 aliphatic rings. The van der Waals surface area contributed by atoms with Crippen LogP contribution in [0.15, 0.2) is 60.8 Å². The quantitative estimate of drug-likeness (QED) is 0.432. The van der Waals surface area contributed by atoms with Crippen molar-refractivity contribution in [2.24, 2.45) is 5.73 Å². The Balaban J connectivity index is 1.76. The zero-order valence-corrected chi connectivity index (χ0v) is 15.6. The van der Waals surface area contributed by atoms with Gasteiger partial charge in [0.15, 0.2) is 0 Å². The maximum absolute atomic E-state index is 12.9. The standard InChI is InChI=1S/C21H24N4O3/c1-21(25-20(27)28,11-15-12-23-18-10-6-5-9-16(15)18)19(26)24-13-17(22)14-7-3-2-4-8-14/h2-10,12,17,23,25H,11,13,22H2,1H3,(H,24,26)(H,27,28). The van der Waals surface area contributed by atoms with E-state index in [-0.39, 0.29) is 19.0 Å². The number of carbonyl (C=O) groups is 2. The number of carbonyl (C=O) groups excluding carboxylic acids is 1. The van der Waals surface area contributed by atoms with Crippen LogP contribution in [0.25, 0.3) is 10.9 Å².